The fourth-order valence-electron chi connectivity index (χ4n) is 1.72. The van der Waals surface area contributed by atoms with Crippen LogP contribution in [-0.4, -0.2) is 45.9 Å². The van der Waals surface area contributed by atoms with Crippen molar-refractivity contribution in [2.24, 2.45) is 12.8 Å². The van der Waals surface area contributed by atoms with Crippen LogP contribution in [0, 0.1) is 0 Å². The van der Waals surface area contributed by atoms with E-state index in [4.69, 9.17) is 15.2 Å². The largest absolute Gasteiger partial charge is 0.370 e. The standard InChI is InChI=1S/C11H18N4O3S/c1-15-10(3-2-9(12)16)13-14-11(15)19-6-8-4-5-17-7-18-8/h8H,2-7H2,1H3,(H2,12,16)/t8-/m0/s1. The molecule has 0 saturated carbocycles. The highest BCUT2D eigenvalue weighted by atomic mass is 32.2. The molecule has 19 heavy (non-hydrogen) atoms. The van der Waals surface area contributed by atoms with Crippen LogP contribution in [-0.2, 0) is 27.7 Å². The van der Waals surface area contributed by atoms with Crippen molar-refractivity contribution in [1.82, 2.24) is 14.8 Å². The lowest BCUT2D eigenvalue weighted by Gasteiger charge is -2.21. The number of aryl methyl sites for hydroxylation is 1. The van der Waals surface area contributed by atoms with Gasteiger partial charge in [-0.1, -0.05) is 11.8 Å². The number of rotatable bonds is 6. The molecule has 1 aromatic rings. The molecule has 2 N–H and O–H groups in total. The van der Waals surface area contributed by atoms with Crippen LogP contribution >= 0.6 is 11.8 Å². The molecule has 0 unspecified atom stereocenters. The van der Waals surface area contributed by atoms with Gasteiger partial charge in [0.1, 0.15) is 12.6 Å². The third-order valence-electron chi connectivity index (χ3n) is 2.89. The van der Waals surface area contributed by atoms with E-state index in [0.29, 0.717) is 19.6 Å². The first-order valence-corrected chi connectivity index (χ1v) is 7.14. The van der Waals surface area contributed by atoms with Crippen LogP contribution in [0.15, 0.2) is 5.16 Å². The molecule has 1 aromatic heterocycles. The minimum absolute atomic E-state index is 0.199. The molecule has 1 fully saturated rings. The lowest BCUT2D eigenvalue weighted by molar-refractivity contribution is -0.130. The average molecular weight is 286 g/mol. The third-order valence-corrected chi connectivity index (χ3v) is 4.04. The number of amides is 1. The van der Waals surface area contributed by atoms with Gasteiger partial charge in [0.15, 0.2) is 5.16 Å². The Labute approximate surface area is 115 Å². The quantitative estimate of drug-likeness (QED) is 0.745. The van der Waals surface area contributed by atoms with Crippen LogP contribution in [0.25, 0.3) is 0 Å². The van der Waals surface area contributed by atoms with Crippen molar-refractivity contribution in [3.05, 3.63) is 5.82 Å². The zero-order chi connectivity index (χ0) is 13.7. The van der Waals surface area contributed by atoms with E-state index in [1.165, 1.54) is 0 Å². The molecule has 2 heterocycles. The van der Waals surface area contributed by atoms with Crippen molar-refractivity contribution in [3.63, 3.8) is 0 Å². The first-order valence-electron chi connectivity index (χ1n) is 6.15. The number of hydrogen-bond acceptors (Lipinski definition) is 6. The Kier molecular flexibility index (Phi) is 5.17. The van der Waals surface area contributed by atoms with Gasteiger partial charge in [0.2, 0.25) is 5.91 Å². The molecule has 0 aliphatic carbocycles. The van der Waals surface area contributed by atoms with Crippen LogP contribution in [0.4, 0.5) is 0 Å². The minimum atomic E-state index is -0.326. The van der Waals surface area contributed by atoms with Gasteiger partial charge in [-0.2, -0.15) is 0 Å². The first kappa shape index (κ1) is 14.3. The van der Waals surface area contributed by atoms with Crippen molar-refractivity contribution in [2.45, 2.75) is 30.5 Å². The normalized spacial score (nSPS) is 19.5. The number of carbonyl (C=O) groups excluding carboxylic acids is 1. The second-order valence-electron chi connectivity index (χ2n) is 4.34. The van der Waals surface area contributed by atoms with Gasteiger partial charge < -0.3 is 19.8 Å². The zero-order valence-corrected chi connectivity index (χ0v) is 11.7. The van der Waals surface area contributed by atoms with Gasteiger partial charge in [-0.05, 0) is 6.42 Å². The molecule has 1 aliphatic rings. The number of nitrogens with two attached hydrogens (primary N) is 1. The van der Waals surface area contributed by atoms with Gasteiger partial charge in [0.05, 0.1) is 12.7 Å². The van der Waals surface area contributed by atoms with Crippen molar-refractivity contribution in [3.8, 4) is 0 Å². The molecule has 8 heteroatoms. The lowest BCUT2D eigenvalue weighted by Crippen LogP contribution is -2.25. The first-order chi connectivity index (χ1) is 9.16. The van der Waals surface area contributed by atoms with Crippen LogP contribution in [0.2, 0.25) is 0 Å². The molecular weight excluding hydrogens is 268 g/mol. The summed E-state index contributed by atoms with van der Waals surface area (Å²) >= 11 is 1.60. The molecule has 7 nitrogen and oxygen atoms in total. The Morgan fingerprint density at radius 3 is 3.11 bits per heavy atom. The molecule has 0 spiro atoms. The monoisotopic (exact) mass is 286 g/mol. The van der Waals surface area contributed by atoms with E-state index in [1.54, 1.807) is 11.8 Å². The van der Waals surface area contributed by atoms with E-state index in [2.05, 4.69) is 10.2 Å². The number of primary amides is 1. The second kappa shape index (κ2) is 6.88. The number of carbonyl (C=O) groups is 1. The molecule has 1 amide bonds. The molecule has 0 bridgehead atoms. The number of aromatic nitrogens is 3. The Balaban J connectivity index is 1.84. The smallest absolute Gasteiger partial charge is 0.217 e. The number of nitrogens with zero attached hydrogens (tertiary/aromatic N) is 3. The predicted octanol–water partition coefficient (Wildman–Crippen LogP) is 0.0881. The van der Waals surface area contributed by atoms with Gasteiger partial charge in [-0.15, -0.1) is 10.2 Å². The number of thioether (sulfide) groups is 1. The van der Waals surface area contributed by atoms with E-state index in [1.807, 2.05) is 11.6 Å². The Morgan fingerprint density at radius 2 is 2.42 bits per heavy atom. The van der Waals surface area contributed by atoms with Gasteiger partial charge in [0.25, 0.3) is 0 Å². The Hall–Kier alpha value is -1.12. The molecule has 1 saturated heterocycles. The summed E-state index contributed by atoms with van der Waals surface area (Å²) < 4.78 is 12.5. The lowest BCUT2D eigenvalue weighted by atomic mass is 10.3. The molecular formula is C11H18N4O3S. The maximum absolute atomic E-state index is 10.8. The van der Waals surface area contributed by atoms with Crippen molar-refractivity contribution >= 4 is 17.7 Å². The molecule has 106 valence electrons. The molecule has 1 aliphatic heterocycles. The van der Waals surface area contributed by atoms with E-state index in [0.717, 1.165) is 29.8 Å². The summed E-state index contributed by atoms with van der Waals surface area (Å²) in [6.45, 7) is 1.11. The van der Waals surface area contributed by atoms with Gasteiger partial charge >= 0.3 is 0 Å². The molecule has 0 aromatic carbocycles. The van der Waals surface area contributed by atoms with Gasteiger partial charge in [0, 0.05) is 25.6 Å². The summed E-state index contributed by atoms with van der Waals surface area (Å²) in [5, 5.41) is 9.01. The average Bonchev–Trinajstić information content (AvgIpc) is 2.76. The van der Waals surface area contributed by atoms with Crippen molar-refractivity contribution < 1.29 is 14.3 Å². The highest BCUT2D eigenvalue weighted by molar-refractivity contribution is 7.99. The number of hydrogen-bond donors (Lipinski definition) is 1. The Morgan fingerprint density at radius 1 is 1.58 bits per heavy atom. The maximum Gasteiger partial charge on any atom is 0.217 e. The zero-order valence-electron chi connectivity index (χ0n) is 10.9. The van der Waals surface area contributed by atoms with Gasteiger partial charge in [-0.3, -0.25) is 4.79 Å². The summed E-state index contributed by atoms with van der Waals surface area (Å²) in [7, 11) is 1.89. The van der Waals surface area contributed by atoms with Gasteiger partial charge in [-0.25, -0.2) is 0 Å². The molecule has 1 atom stereocenters. The van der Waals surface area contributed by atoms with E-state index in [9.17, 15) is 4.79 Å². The molecule has 2 rings (SSSR count). The Bertz CT molecular complexity index is 432. The second-order valence-corrected chi connectivity index (χ2v) is 5.33. The minimum Gasteiger partial charge on any atom is -0.370 e. The van der Waals surface area contributed by atoms with Crippen LogP contribution in [0.3, 0.4) is 0 Å². The highest BCUT2D eigenvalue weighted by Crippen LogP contribution is 2.20. The molecule has 0 radical (unpaired) electrons. The maximum atomic E-state index is 10.8. The summed E-state index contributed by atoms with van der Waals surface area (Å²) in [6, 6.07) is 0. The van der Waals surface area contributed by atoms with Crippen LogP contribution in [0.1, 0.15) is 18.7 Å². The van der Waals surface area contributed by atoms with E-state index in [-0.39, 0.29) is 12.0 Å². The summed E-state index contributed by atoms with van der Waals surface area (Å²) in [5.41, 5.74) is 5.12. The fourth-order valence-corrected chi connectivity index (χ4v) is 2.72. The van der Waals surface area contributed by atoms with E-state index >= 15 is 0 Å². The third kappa shape index (κ3) is 4.19. The van der Waals surface area contributed by atoms with Crippen molar-refractivity contribution in [1.29, 1.82) is 0 Å². The SMILES string of the molecule is Cn1c(CCC(N)=O)nnc1SC[C@@H]1CCOCO1. The topological polar surface area (TPSA) is 92.3 Å². The fraction of sp³-hybridized carbons (Fsp3) is 0.727. The van der Waals surface area contributed by atoms with Crippen LogP contribution < -0.4 is 5.73 Å². The van der Waals surface area contributed by atoms with E-state index < -0.39 is 0 Å². The number of ether oxygens (including phenoxy) is 2. The van der Waals surface area contributed by atoms with Crippen LogP contribution in [0.5, 0.6) is 0 Å². The summed E-state index contributed by atoms with van der Waals surface area (Å²) in [6.07, 6.45) is 1.91. The predicted molar refractivity (Wildman–Crippen MR) is 69.6 cm³/mol. The van der Waals surface area contributed by atoms with Crippen molar-refractivity contribution in [2.75, 3.05) is 19.2 Å². The summed E-state index contributed by atoms with van der Waals surface area (Å²) in [4.78, 5) is 10.8. The summed E-state index contributed by atoms with van der Waals surface area (Å²) in [5.74, 6) is 1.27. The highest BCUT2D eigenvalue weighted by Gasteiger charge is 2.17.